The standard InChI is InChI=1S/C16H14ClF3N2O4.C15H16F3N5O4S.C15H18N6O6S/c1-8(2)26-14(24)10-6-9(4-5-11(10)17)22-13(23)7-12(16(18,19)20)21(3)15(22)25;1-9-19-12(22-14(20-9)27-2)21-13(24)23-28(25,26)11-6-4-3-5-10(11)7-8-15(16,17)18;1-21(2)13(22)9-6-5-7-16-12(9)28(24,25)20-15(23)19-14-17-10(26-3)8-11(18-14)27-4/h4-8H,1-3H3;3-6H,7-8H2,1-2H3,(H2,19,20,21,22,23,24);5-8H,1-4H3,(H2,17,18,19,20,23). The second kappa shape index (κ2) is 27.5. The van der Waals surface area contributed by atoms with Gasteiger partial charge in [-0.2, -0.15) is 59.7 Å². The minimum atomic E-state index is -4.86. The third-order valence-corrected chi connectivity index (χ3v) is 12.9. The Balaban J connectivity index is 0.000000265. The molecule has 36 heteroatoms. The molecule has 82 heavy (non-hydrogen) atoms. The number of aromatic nitrogens is 8. The van der Waals surface area contributed by atoms with E-state index in [1.807, 2.05) is 0 Å². The Kier molecular flexibility index (Phi) is 21.9. The highest BCUT2D eigenvalue weighted by Gasteiger charge is 2.35. The normalized spacial score (nSPS) is 11.4. The molecule has 0 atom stereocenters. The van der Waals surface area contributed by atoms with E-state index in [4.69, 9.17) is 30.5 Å². The predicted octanol–water partition coefficient (Wildman–Crippen LogP) is 5.07. The van der Waals surface area contributed by atoms with Gasteiger partial charge < -0.3 is 23.8 Å². The Morgan fingerprint density at radius 2 is 1.33 bits per heavy atom. The van der Waals surface area contributed by atoms with Gasteiger partial charge in [0, 0.05) is 39.8 Å². The highest BCUT2D eigenvalue weighted by atomic mass is 35.5. The van der Waals surface area contributed by atoms with E-state index in [2.05, 4.69) is 40.5 Å². The Morgan fingerprint density at radius 3 is 1.88 bits per heavy atom. The molecule has 0 saturated heterocycles. The minimum Gasteiger partial charge on any atom is -0.481 e. The molecular formula is C46H48ClF6N13O14S2. The van der Waals surface area contributed by atoms with Crippen LogP contribution in [0.3, 0.4) is 0 Å². The van der Waals surface area contributed by atoms with Crippen LogP contribution >= 0.6 is 11.6 Å². The number of methoxy groups -OCH3 is 3. The van der Waals surface area contributed by atoms with E-state index in [1.54, 1.807) is 23.3 Å². The molecular weight excluding hydrogens is 1170 g/mol. The second-order valence-corrected chi connectivity index (χ2v) is 20.2. The predicted molar refractivity (Wildman–Crippen MR) is 276 cm³/mol. The van der Waals surface area contributed by atoms with E-state index >= 15 is 0 Å². The van der Waals surface area contributed by atoms with Gasteiger partial charge in [-0.25, -0.2) is 46.6 Å². The van der Waals surface area contributed by atoms with Crippen LogP contribution in [0, 0.1) is 6.92 Å². The summed E-state index contributed by atoms with van der Waals surface area (Å²) >= 11 is 5.94. The first-order valence-corrected chi connectivity index (χ1v) is 26.1. The lowest BCUT2D eigenvalue weighted by Gasteiger charge is -2.15. The topological polar surface area (TPSA) is 346 Å². The molecule has 4 heterocycles. The second-order valence-electron chi connectivity index (χ2n) is 16.5. The van der Waals surface area contributed by atoms with Gasteiger partial charge in [0.2, 0.25) is 23.7 Å². The molecule has 0 aliphatic carbocycles. The van der Waals surface area contributed by atoms with Crippen molar-refractivity contribution in [3.63, 3.8) is 0 Å². The number of hydrogen-bond donors (Lipinski definition) is 4. The maximum absolute atomic E-state index is 12.9. The Bertz CT molecular complexity index is 3680. The smallest absolute Gasteiger partial charge is 0.431 e. The summed E-state index contributed by atoms with van der Waals surface area (Å²) in [5.74, 6) is -1.50. The van der Waals surface area contributed by atoms with Crippen molar-refractivity contribution in [2.75, 3.05) is 46.1 Å². The summed E-state index contributed by atoms with van der Waals surface area (Å²) in [6, 6.07) is 10.6. The number of benzene rings is 2. The molecule has 4 aromatic heterocycles. The molecule has 0 saturated carbocycles. The lowest BCUT2D eigenvalue weighted by Crippen LogP contribution is -2.40. The third kappa shape index (κ3) is 18.3. The first kappa shape index (κ1) is 65.5. The van der Waals surface area contributed by atoms with Gasteiger partial charge in [0.1, 0.15) is 11.5 Å². The number of alkyl halides is 6. The Hall–Kier alpha value is -8.99. The number of carbonyl (C=O) groups is 4. The highest BCUT2D eigenvalue weighted by molar-refractivity contribution is 7.90. The van der Waals surface area contributed by atoms with Crippen LogP contribution in [0.1, 0.15) is 58.1 Å². The van der Waals surface area contributed by atoms with Gasteiger partial charge in [-0.05, 0) is 69.2 Å². The van der Waals surface area contributed by atoms with Gasteiger partial charge in [0.25, 0.3) is 31.5 Å². The minimum absolute atomic E-state index is 0.0104. The Labute approximate surface area is 466 Å². The molecule has 0 bridgehead atoms. The quantitative estimate of drug-likeness (QED) is 0.0770. The van der Waals surface area contributed by atoms with Crippen LogP contribution in [-0.2, 0) is 44.4 Å². The molecule has 0 aliphatic rings. The number of ether oxygens (including phenoxy) is 4. The molecule has 4 N–H and O–H groups in total. The van der Waals surface area contributed by atoms with Crippen LogP contribution < -0.4 is 45.5 Å². The zero-order valence-electron chi connectivity index (χ0n) is 44.1. The summed E-state index contributed by atoms with van der Waals surface area (Å²) in [6.45, 7) is 4.73. The summed E-state index contributed by atoms with van der Waals surface area (Å²) in [4.78, 5) is 96.3. The third-order valence-electron chi connectivity index (χ3n) is 9.90. The van der Waals surface area contributed by atoms with Gasteiger partial charge in [-0.3, -0.25) is 24.8 Å². The SMILES string of the molecule is CC(C)OC(=O)c1cc(-n2c(=O)cc(C(F)(F)F)n(C)c2=O)ccc1Cl.COc1cc(OC)nc(NC(=O)NS(=O)(=O)c2ncccc2C(=O)N(C)C)n1.COc1nc(C)nc(NC(=O)NS(=O)(=O)c2ccccc2CCC(F)(F)F)n1. The van der Waals surface area contributed by atoms with Crippen molar-refractivity contribution < 1.29 is 81.3 Å². The van der Waals surface area contributed by atoms with Crippen molar-refractivity contribution in [2.24, 2.45) is 7.05 Å². The molecule has 0 spiro atoms. The van der Waals surface area contributed by atoms with E-state index < -0.39 is 102 Å². The summed E-state index contributed by atoms with van der Waals surface area (Å²) in [5.41, 5.74) is -4.26. The lowest BCUT2D eigenvalue weighted by molar-refractivity contribution is -0.144. The number of anilines is 2. The summed E-state index contributed by atoms with van der Waals surface area (Å²) in [6.07, 6.45) is -10.3. The fourth-order valence-electron chi connectivity index (χ4n) is 6.35. The molecule has 0 fully saturated rings. The molecule has 0 aliphatic heterocycles. The summed E-state index contributed by atoms with van der Waals surface area (Å²) in [7, 11) is -1.10. The number of halogens is 7. The van der Waals surface area contributed by atoms with Crippen LogP contribution in [-0.4, -0.2) is 132 Å². The van der Waals surface area contributed by atoms with Gasteiger partial charge in [0.15, 0.2) is 5.03 Å². The van der Waals surface area contributed by atoms with Crippen molar-refractivity contribution in [1.82, 2.24) is 53.4 Å². The molecule has 0 unspecified atom stereocenters. The first-order valence-electron chi connectivity index (χ1n) is 22.7. The fraction of sp³-hybridized carbons (Fsp3) is 0.304. The van der Waals surface area contributed by atoms with Crippen LogP contribution in [0.5, 0.6) is 17.8 Å². The van der Waals surface area contributed by atoms with Gasteiger partial charge in [-0.15, -0.1) is 0 Å². The van der Waals surface area contributed by atoms with Crippen LogP contribution in [0.2, 0.25) is 5.02 Å². The molecule has 6 aromatic rings. The summed E-state index contributed by atoms with van der Waals surface area (Å²) < 4.78 is 150. The molecule has 27 nitrogen and oxygen atoms in total. The van der Waals surface area contributed by atoms with E-state index in [-0.39, 0.29) is 62.9 Å². The number of pyridine rings is 1. The number of urea groups is 2. The number of nitrogens with one attached hydrogen (secondary N) is 4. The average molecular weight is 1220 g/mol. The van der Waals surface area contributed by atoms with Crippen molar-refractivity contribution in [2.45, 2.75) is 62.0 Å². The maximum atomic E-state index is 12.9. The van der Waals surface area contributed by atoms with Gasteiger partial charge in [0.05, 0.1) is 60.2 Å². The molecule has 0 radical (unpaired) electrons. The van der Waals surface area contributed by atoms with E-state index in [0.29, 0.717) is 15.2 Å². The summed E-state index contributed by atoms with van der Waals surface area (Å²) in [5, 5.41) is 3.68. The number of amides is 5. The number of nitrogens with zero attached hydrogens (tertiary/aromatic N) is 9. The fourth-order valence-corrected chi connectivity index (χ4v) is 8.76. The zero-order chi connectivity index (χ0) is 61.7. The van der Waals surface area contributed by atoms with Crippen molar-refractivity contribution >= 4 is 67.5 Å². The van der Waals surface area contributed by atoms with Crippen LogP contribution in [0.15, 0.2) is 92.4 Å². The number of sulfonamides is 2. The van der Waals surface area contributed by atoms with Crippen molar-refractivity contribution in [3.8, 4) is 23.5 Å². The van der Waals surface area contributed by atoms with Gasteiger partial charge >= 0.3 is 42.1 Å². The van der Waals surface area contributed by atoms with E-state index in [0.717, 1.165) is 19.2 Å². The first-order chi connectivity index (χ1) is 38.1. The van der Waals surface area contributed by atoms with Gasteiger partial charge in [-0.1, -0.05) is 29.8 Å². The van der Waals surface area contributed by atoms with Crippen molar-refractivity contribution in [1.29, 1.82) is 0 Å². The van der Waals surface area contributed by atoms with E-state index in [1.165, 1.54) is 102 Å². The van der Waals surface area contributed by atoms with Crippen LogP contribution in [0.25, 0.3) is 5.69 Å². The molecule has 2 aromatic carbocycles. The van der Waals surface area contributed by atoms with Crippen LogP contribution in [0.4, 0.5) is 47.8 Å². The highest BCUT2D eigenvalue weighted by Crippen LogP contribution is 2.28. The number of esters is 1. The number of hydrogen-bond acceptors (Lipinski definition) is 20. The Morgan fingerprint density at radius 1 is 0.744 bits per heavy atom. The molecule has 6 rings (SSSR count). The largest absolute Gasteiger partial charge is 0.481 e. The zero-order valence-corrected chi connectivity index (χ0v) is 46.5. The number of carbonyl (C=O) groups excluding carboxylic acids is 4. The molecule has 5 amide bonds. The number of rotatable bonds is 15. The maximum Gasteiger partial charge on any atom is 0.431 e. The monoisotopic (exact) mass is 1220 g/mol. The van der Waals surface area contributed by atoms with E-state index in [9.17, 15) is 71.9 Å². The molecule has 442 valence electrons. The average Bonchev–Trinajstić information content (AvgIpc) is 3.45. The lowest BCUT2D eigenvalue weighted by atomic mass is 10.1. The van der Waals surface area contributed by atoms with Crippen molar-refractivity contribution in [3.05, 3.63) is 127 Å². The number of aryl methyl sites for hydroxylation is 2.